The average Bonchev–Trinajstić information content (AvgIpc) is 2.10. The molecular weight excluding hydrogens is 124 g/mol. The van der Waals surface area contributed by atoms with Crippen LogP contribution in [-0.4, -0.2) is 6.29 Å². The maximum absolute atomic E-state index is 10.1. The van der Waals surface area contributed by atoms with Gasteiger partial charge in [0.05, 0.1) is 0 Å². The molecule has 0 amide bonds. The zero-order valence-corrected chi connectivity index (χ0v) is 6.84. The van der Waals surface area contributed by atoms with E-state index in [1.54, 1.807) is 0 Å². The van der Waals surface area contributed by atoms with E-state index in [1.165, 1.54) is 0 Å². The van der Waals surface area contributed by atoms with Crippen molar-refractivity contribution in [2.75, 3.05) is 0 Å². The van der Waals surface area contributed by atoms with Gasteiger partial charge in [0.2, 0.25) is 0 Å². The van der Waals surface area contributed by atoms with E-state index in [2.05, 4.69) is 12.2 Å². The largest absolute Gasteiger partial charge is 0.303 e. The van der Waals surface area contributed by atoms with Crippen LogP contribution in [0.2, 0.25) is 0 Å². The van der Waals surface area contributed by atoms with Crippen LogP contribution in [0.5, 0.6) is 0 Å². The van der Waals surface area contributed by atoms with E-state index in [4.69, 9.17) is 0 Å². The van der Waals surface area contributed by atoms with Crippen molar-refractivity contribution >= 4 is 6.29 Å². The maximum Gasteiger partial charge on any atom is 0.123 e. The van der Waals surface area contributed by atoms with Gasteiger partial charge in [0.1, 0.15) is 6.29 Å². The lowest BCUT2D eigenvalue weighted by Gasteiger charge is -2.08. The molecule has 0 bridgehead atoms. The van der Waals surface area contributed by atoms with Crippen LogP contribution in [0.3, 0.4) is 0 Å². The smallest absolute Gasteiger partial charge is 0.123 e. The van der Waals surface area contributed by atoms with E-state index in [1.807, 2.05) is 13.8 Å². The molecule has 1 nitrogen and oxygen atoms in total. The molecule has 1 heteroatoms. The highest BCUT2D eigenvalue weighted by molar-refractivity contribution is 5.54. The normalized spacial score (nSPS) is 22.8. The predicted octanol–water partition coefficient (Wildman–Crippen LogP) is 2.57. The van der Waals surface area contributed by atoms with Crippen LogP contribution in [0.4, 0.5) is 0 Å². The van der Waals surface area contributed by atoms with Gasteiger partial charge in [-0.2, -0.15) is 0 Å². The van der Waals surface area contributed by atoms with E-state index < -0.39 is 0 Å². The topological polar surface area (TPSA) is 17.1 Å². The summed E-state index contributed by atoms with van der Waals surface area (Å²) >= 11 is 0. The second kappa shape index (κ2) is 6.53. The standard InChI is InChI=1S/C7H10O.C2H6/c8-6-7-4-2-1-3-5-7;1-2/h1-2,6-7H,3-5H2;1-2H3. The molecule has 0 heterocycles. The summed E-state index contributed by atoms with van der Waals surface area (Å²) in [4.78, 5) is 10.1. The number of rotatable bonds is 1. The molecule has 0 saturated carbocycles. The Morgan fingerprint density at radius 3 is 2.40 bits per heavy atom. The third-order valence-electron chi connectivity index (χ3n) is 1.50. The highest BCUT2D eigenvalue weighted by atomic mass is 16.1. The summed E-state index contributed by atoms with van der Waals surface area (Å²) in [6.45, 7) is 4.00. The average molecular weight is 140 g/mol. The van der Waals surface area contributed by atoms with Crippen molar-refractivity contribution in [3.05, 3.63) is 12.2 Å². The van der Waals surface area contributed by atoms with Crippen molar-refractivity contribution in [1.29, 1.82) is 0 Å². The number of aldehydes is 1. The molecule has 0 radical (unpaired) electrons. The van der Waals surface area contributed by atoms with Crippen molar-refractivity contribution in [2.45, 2.75) is 33.1 Å². The van der Waals surface area contributed by atoms with E-state index in [0.29, 0.717) is 5.92 Å². The van der Waals surface area contributed by atoms with Gasteiger partial charge in [-0.05, 0) is 19.3 Å². The van der Waals surface area contributed by atoms with Gasteiger partial charge < -0.3 is 4.79 Å². The monoisotopic (exact) mass is 140 g/mol. The summed E-state index contributed by atoms with van der Waals surface area (Å²) in [5.74, 6) is 0.319. The van der Waals surface area contributed by atoms with Crippen LogP contribution >= 0.6 is 0 Å². The molecule has 1 rings (SSSR count). The number of hydrogen-bond acceptors (Lipinski definition) is 1. The van der Waals surface area contributed by atoms with E-state index in [0.717, 1.165) is 25.5 Å². The number of hydrogen-bond donors (Lipinski definition) is 0. The van der Waals surface area contributed by atoms with Gasteiger partial charge in [-0.1, -0.05) is 26.0 Å². The maximum atomic E-state index is 10.1. The molecule has 0 aliphatic heterocycles. The summed E-state index contributed by atoms with van der Waals surface area (Å²) in [7, 11) is 0. The minimum Gasteiger partial charge on any atom is -0.303 e. The van der Waals surface area contributed by atoms with Crippen LogP contribution in [0, 0.1) is 5.92 Å². The molecule has 0 saturated heterocycles. The first kappa shape index (κ1) is 9.41. The summed E-state index contributed by atoms with van der Waals surface area (Å²) < 4.78 is 0. The highest BCUT2D eigenvalue weighted by Gasteiger charge is 2.05. The Bertz CT molecular complexity index is 105. The third-order valence-corrected chi connectivity index (χ3v) is 1.50. The van der Waals surface area contributed by atoms with Gasteiger partial charge in [-0.3, -0.25) is 0 Å². The van der Waals surface area contributed by atoms with Crippen LogP contribution in [-0.2, 0) is 4.79 Å². The van der Waals surface area contributed by atoms with Crippen molar-refractivity contribution in [1.82, 2.24) is 0 Å². The molecule has 0 aromatic rings. The van der Waals surface area contributed by atoms with Crippen LogP contribution < -0.4 is 0 Å². The molecule has 0 spiro atoms. The lowest BCUT2D eigenvalue weighted by atomic mass is 9.96. The van der Waals surface area contributed by atoms with Gasteiger partial charge in [-0.15, -0.1) is 0 Å². The van der Waals surface area contributed by atoms with Crippen LogP contribution in [0.1, 0.15) is 33.1 Å². The fourth-order valence-electron chi connectivity index (χ4n) is 0.941. The Morgan fingerprint density at radius 1 is 1.40 bits per heavy atom. The van der Waals surface area contributed by atoms with Crippen LogP contribution in [0.25, 0.3) is 0 Å². The Morgan fingerprint density at radius 2 is 2.10 bits per heavy atom. The Labute approximate surface area is 63.1 Å². The third kappa shape index (κ3) is 3.44. The fraction of sp³-hybridized carbons (Fsp3) is 0.667. The summed E-state index contributed by atoms with van der Waals surface area (Å²) in [6, 6.07) is 0. The molecule has 10 heavy (non-hydrogen) atoms. The Hall–Kier alpha value is -0.590. The molecule has 1 unspecified atom stereocenters. The number of carbonyl (C=O) groups excluding carboxylic acids is 1. The second-order valence-electron chi connectivity index (χ2n) is 2.18. The van der Waals surface area contributed by atoms with E-state index in [9.17, 15) is 4.79 Å². The number of allylic oxidation sites excluding steroid dienone is 2. The summed E-state index contributed by atoms with van der Waals surface area (Å²) in [6.07, 6.45) is 8.39. The molecular formula is C9H16O. The van der Waals surface area contributed by atoms with Gasteiger partial charge in [0, 0.05) is 5.92 Å². The minimum atomic E-state index is 0.319. The van der Waals surface area contributed by atoms with Gasteiger partial charge in [0.25, 0.3) is 0 Å². The SMILES string of the molecule is CC.O=CC1CC=CCC1. The Kier molecular flexibility index (Phi) is 6.14. The molecule has 0 N–H and O–H groups in total. The zero-order chi connectivity index (χ0) is 7.82. The van der Waals surface area contributed by atoms with Crippen molar-refractivity contribution in [2.24, 2.45) is 5.92 Å². The lowest BCUT2D eigenvalue weighted by molar-refractivity contribution is -0.111. The van der Waals surface area contributed by atoms with Gasteiger partial charge in [0.15, 0.2) is 0 Å². The summed E-state index contributed by atoms with van der Waals surface area (Å²) in [5, 5.41) is 0. The molecule has 0 aromatic carbocycles. The molecule has 1 atom stereocenters. The van der Waals surface area contributed by atoms with Gasteiger partial charge in [-0.25, -0.2) is 0 Å². The molecule has 1 aliphatic carbocycles. The predicted molar refractivity (Wildman–Crippen MR) is 43.9 cm³/mol. The lowest BCUT2D eigenvalue weighted by Crippen LogP contribution is -2.02. The fourth-order valence-corrected chi connectivity index (χ4v) is 0.941. The highest BCUT2D eigenvalue weighted by Crippen LogP contribution is 2.14. The zero-order valence-electron chi connectivity index (χ0n) is 6.84. The quantitative estimate of drug-likeness (QED) is 0.404. The van der Waals surface area contributed by atoms with E-state index in [-0.39, 0.29) is 0 Å². The number of carbonyl (C=O) groups is 1. The minimum absolute atomic E-state index is 0.319. The Balaban J connectivity index is 0.000000371. The van der Waals surface area contributed by atoms with Crippen LogP contribution in [0.15, 0.2) is 12.2 Å². The van der Waals surface area contributed by atoms with Crippen molar-refractivity contribution < 1.29 is 4.79 Å². The molecule has 58 valence electrons. The van der Waals surface area contributed by atoms with Crippen molar-refractivity contribution in [3.8, 4) is 0 Å². The second-order valence-corrected chi connectivity index (χ2v) is 2.18. The first-order chi connectivity index (χ1) is 4.93. The molecule has 0 aromatic heterocycles. The van der Waals surface area contributed by atoms with E-state index >= 15 is 0 Å². The first-order valence-corrected chi connectivity index (χ1v) is 4.04. The molecule has 1 aliphatic rings. The van der Waals surface area contributed by atoms with Gasteiger partial charge >= 0.3 is 0 Å². The van der Waals surface area contributed by atoms with Crippen molar-refractivity contribution in [3.63, 3.8) is 0 Å². The summed E-state index contributed by atoms with van der Waals surface area (Å²) in [5.41, 5.74) is 0. The molecule has 0 fully saturated rings. The first-order valence-electron chi connectivity index (χ1n) is 4.04.